The molecule has 94 valence electrons. The molecule has 1 fully saturated rings. The van der Waals surface area contributed by atoms with E-state index >= 15 is 0 Å². The van der Waals surface area contributed by atoms with E-state index in [2.05, 4.69) is 5.32 Å². The molecule has 0 bridgehead atoms. The summed E-state index contributed by atoms with van der Waals surface area (Å²) in [6.45, 7) is 1.75. The van der Waals surface area contributed by atoms with Gasteiger partial charge in [0.25, 0.3) is 5.91 Å². The van der Waals surface area contributed by atoms with E-state index in [4.69, 9.17) is 5.73 Å². The summed E-state index contributed by atoms with van der Waals surface area (Å²) in [6.07, 6.45) is 0.451. The minimum atomic E-state index is -3.02. The molecule has 3 N–H and O–H groups in total. The maximum atomic E-state index is 11.9. The van der Waals surface area contributed by atoms with Crippen molar-refractivity contribution in [2.24, 2.45) is 0 Å². The smallest absolute Gasteiger partial charge is 0.263 e. The maximum absolute atomic E-state index is 11.9. The number of rotatable bonds is 2. The van der Waals surface area contributed by atoms with Crippen LogP contribution in [0.3, 0.4) is 0 Å². The summed E-state index contributed by atoms with van der Waals surface area (Å²) in [7, 11) is -3.02. The molecule has 7 heteroatoms. The molecule has 0 aromatic carbocycles. The average molecular weight is 274 g/mol. The Morgan fingerprint density at radius 3 is 2.76 bits per heavy atom. The quantitative estimate of drug-likeness (QED) is 0.828. The van der Waals surface area contributed by atoms with Gasteiger partial charge in [-0.25, -0.2) is 8.42 Å². The molecule has 1 saturated heterocycles. The zero-order valence-corrected chi connectivity index (χ0v) is 11.0. The highest BCUT2D eigenvalue weighted by Crippen LogP contribution is 2.25. The molecule has 1 aromatic rings. The van der Waals surface area contributed by atoms with Gasteiger partial charge in [-0.3, -0.25) is 4.79 Å². The first kappa shape index (κ1) is 12.4. The third kappa shape index (κ3) is 2.61. The number of sulfone groups is 1. The lowest BCUT2D eigenvalue weighted by atomic mass is 10.0. The molecule has 5 nitrogen and oxygen atoms in total. The molecular weight excluding hydrogens is 260 g/mol. The van der Waals surface area contributed by atoms with Gasteiger partial charge in [0.05, 0.1) is 22.7 Å². The van der Waals surface area contributed by atoms with E-state index in [1.807, 2.05) is 0 Å². The summed E-state index contributed by atoms with van der Waals surface area (Å²) in [5.41, 5.74) is 5.40. The van der Waals surface area contributed by atoms with Crippen LogP contribution in [0.25, 0.3) is 0 Å². The Balaban J connectivity index is 2.13. The van der Waals surface area contributed by atoms with Crippen molar-refractivity contribution < 1.29 is 13.2 Å². The van der Waals surface area contributed by atoms with Crippen molar-refractivity contribution in [2.45, 2.75) is 18.9 Å². The van der Waals surface area contributed by atoms with E-state index < -0.39 is 15.4 Å². The molecule has 1 aliphatic rings. The summed E-state index contributed by atoms with van der Waals surface area (Å²) in [4.78, 5) is 12.4. The second-order valence-corrected chi connectivity index (χ2v) is 7.66. The van der Waals surface area contributed by atoms with Crippen molar-refractivity contribution in [3.63, 3.8) is 0 Å². The summed E-state index contributed by atoms with van der Waals surface area (Å²) in [6, 6.07) is 1.66. The molecule has 1 aliphatic heterocycles. The Morgan fingerprint density at radius 2 is 2.29 bits per heavy atom. The normalized spacial score (nSPS) is 26.9. The van der Waals surface area contributed by atoms with Crippen molar-refractivity contribution in [1.82, 2.24) is 5.32 Å². The van der Waals surface area contributed by atoms with Gasteiger partial charge in [0.15, 0.2) is 9.84 Å². The van der Waals surface area contributed by atoms with Crippen molar-refractivity contribution in [3.8, 4) is 0 Å². The summed E-state index contributed by atoms with van der Waals surface area (Å²) < 4.78 is 22.8. The summed E-state index contributed by atoms with van der Waals surface area (Å²) in [5.74, 6) is -0.169. The fourth-order valence-electron chi connectivity index (χ4n) is 1.94. The third-order valence-electron chi connectivity index (χ3n) is 2.82. The van der Waals surface area contributed by atoms with Gasteiger partial charge in [-0.05, 0) is 24.8 Å². The first-order chi connectivity index (χ1) is 7.81. The second kappa shape index (κ2) is 3.99. The number of nitrogens with one attached hydrogen (secondary N) is 1. The van der Waals surface area contributed by atoms with E-state index in [1.165, 1.54) is 11.3 Å². The fraction of sp³-hybridized carbons (Fsp3) is 0.500. The van der Waals surface area contributed by atoms with Crippen LogP contribution in [0.5, 0.6) is 0 Å². The molecule has 1 atom stereocenters. The number of nitrogen functional groups attached to an aromatic ring is 1. The highest BCUT2D eigenvalue weighted by Gasteiger charge is 2.39. The Bertz CT molecular complexity index is 550. The van der Waals surface area contributed by atoms with Crippen LogP contribution in [0.2, 0.25) is 0 Å². The molecule has 2 heterocycles. The number of nitrogens with two attached hydrogens (primary N) is 1. The van der Waals surface area contributed by atoms with Gasteiger partial charge in [-0.2, -0.15) is 0 Å². The van der Waals surface area contributed by atoms with Crippen LogP contribution in [-0.2, 0) is 9.84 Å². The largest absolute Gasteiger partial charge is 0.397 e. The van der Waals surface area contributed by atoms with Gasteiger partial charge in [0.1, 0.15) is 4.88 Å². The molecule has 0 saturated carbocycles. The highest BCUT2D eigenvalue weighted by molar-refractivity contribution is 7.91. The van der Waals surface area contributed by atoms with Gasteiger partial charge >= 0.3 is 0 Å². The molecule has 1 unspecified atom stereocenters. The SMILES string of the molecule is CC1(NC(=O)c2sccc2N)CCS(=O)(=O)C1. The lowest BCUT2D eigenvalue weighted by Crippen LogP contribution is -2.46. The lowest BCUT2D eigenvalue weighted by Gasteiger charge is -2.23. The van der Waals surface area contributed by atoms with Crippen LogP contribution >= 0.6 is 11.3 Å². The Morgan fingerprint density at radius 1 is 1.59 bits per heavy atom. The zero-order chi connectivity index (χ0) is 12.7. The van der Waals surface area contributed by atoms with Crippen molar-refractivity contribution in [2.75, 3.05) is 17.2 Å². The van der Waals surface area contributed by atoms with E-state index in [0.717, 1.165) is 0 Å². The standard InChI is InChI=1S/C10H14N2O3S2/c1-10(3-5-17(14,15)6-10)12-9(13)8-7(11)2-4-16-8/h2,4H,3,5-6,11H2,1H3,(H,12,13). The van der Waals surface area contributed by atoms with E-state index in [-0.39, 0.29) is 17.4 Å². The number of hydrogen-bond acceptors (Lipinski definition) is 5. The topological polar surface area (TPSA) is 89.3 Å². The van der Waals surface area contributed by atoms with Gasteiger partial charge in [-0.15, -0.1) is 11.3 Å². The van der Waals surface area contributed by atoms with Crippen LogP contribution in [0.15, 0.2) is 11.4 Å². The molecule has 0 aliphatic carbocycles. The second-order valence-electron chi connectivity index (χ2n) is 4.56. The number of anilines is 1. The maximum Gasteiger partial charge on any atom is 0.263 e. The molecule has 1 aromatic heterocycles. The number of thiophene rings is 1. The molecule has 17 heavy (non-hydrogen) atoms. The fourth-order valence-corrected chi connectivity index (χ4v) is 4.75. The average Bonchev–Trinajstić information content (AvgIpc) is 2.70. The minimum Gasteiger partial charge on any atom is -0.397 e. The number of carbonyl (C=O) groups is 1. The Kier molecular flexibility index (Phi) is 2.90. The van der Waals surface area contributed by atoms with Crippen LogP contribution in [0.1, 0.15) is 23.0 Å². The molecule has 0 spiro atoms. The molecule has 0 radical (unpaired) electrons. The minimum absolute atomic E-state index is 0.00296. The van der Waals surface area contributed by atoms with E-state index in [1.54, 1.807) is 18.4 Å². The predicted molar refractivity (Wildman–Crippen MR) is 67.9 cm³/mol. The highest BCUT2D eigenvalue weighted by atomic mass is 32.2. The van der Waals surface area contributed by atoms with E-state index in [0.29, 0.717) is 17.0 Å². The van der Waals surface area contributed by atoms with E-state index in [9.17, 15) is 13.2 Å². The first-order valence-electron chi connectivity index (χ1n) is 5.17. The first-order valence-corrected chi connectivity index (χ1v) is 7.87. The van der Waals surface area contributed by atoms with Crippen molar-refractivity contribution >= 4 is 32.8 Å². The van der Waals surface area contributed by atoms with Crippen molar-refractivity contribution in [1.29, 1.82) is 0 Å². The predicted octanol–water partition coefficient (Wildman–Crippen LogP) is 0.637. The van der Waals surface area contributed by atoms with Crippen LogP contribution in [0, 0.1) is 0 Å². The zero-order valence-electron chi connectivity index (χ0n) is 9.39. The molecular formula is C10H14N2O3S2. The van der Waals surface area contributed by atoms with Crippen LogP contribution in [0.4, 0.5) is 5.69 Å². The van der Waals surface area contributed by atoms with Gasteiger partial charge < -0.3 is 11.1 Å². The number of amides is 1. The lowest BCUT2D eigenvalue weighted by molar-refractivity contribution is 0.0920. The van der Waals surface area contributed by atoms with Gasteiger partial charge in [0, 0.05) is 0 Å². The Hall–Kier alpha value is -1.08. The number of hydrogen-bond donors (Lipinski definition) is 2. The van der Waals surface area contributed by atoms with Crippen molar-refractivity contribution in [3.05, 3.63) is 16.3 Å². The molecule has 2 rings (SSSR count). The van der Waals surface area contributed by atoms with Crippen LogP contribution in [-0.4, -0.2) is 31.4 Å². The summed E-state index contributed by atoms with van der Waals surface area (Å²) >= 11 is 1.25. The third-order valence-corrected chi connectivity index (χ3v) is 5.65. The van der Waals surface area contributed by atoms with Crippen LogP contribution < -0.4 is 11.1 Å². The number of carbonyl (C=O) groups excluding carboxylic acids is 1. The monoisotopic (exact) mass is 274 g/mol. The van der Waals surface area contributed by atoms with Gasteiger partial charge in [-0.1, -0.05) is 0 Å². The van der Waals surface area contributed by atoms with Gasteiger partial charge in [0.2, 0.25) is 0 Å². The summed E-state index contributed by atoms with van der Waals surface area (Å²) in [5, 5.41) is 4.50. The molecule has 1 amide bonds. The Labute approximate surface area is 104 Å².